The fourth-order valence-corrected chi connectivity index (χ4v) is 2.55. The Morgan fingerprint density at radius 3 is 2.60 bits per heavy atom. The van der Waals surface area contributed by atoms with Crippen LogP contribution in [0.2, 0.25) is 0 Å². The van der Waals surface area contributed by atoms with E-state index >= 15 is 0 Å². The number of likely N-dealkylation sites (tertiary alicyclic amines) is 1. The Morgan fingerprint density at radius 2 is 2.13 bits per heavy atom. The van der Waals surface area contributed by atoms with Crippen molar-refractivity contribution >= 4 is 22.2 Å². The zero-order valence-electron chi connectivity index (χ0n) is 9.18. The number of rotatable bonds is 5. The first-order valence-corrected chi connectivity index (χ1v) is 7.02. The zero-order chi connectivity index (χ0) is 10.6. The Bertz CT molecular complexity index is 269. The fraction of sp³-hybridized carbons (Fsp3) is 1.00. The Kier molecular flexibility index (Phi) is 6.75. The van der Waals surface area contributed by atoms with Gasteiger partial charge in [0.05, 0.1) is 5.75 Å². The normalized spacial score (nSPS) is 22.7. The number of hydrogen-bond acceptors (Lipinski definition) is 4. The third-order valence-electron chi connectivity index (χ3n) is 2.86. The van der Waals surface area contributed by atoms with Crippen molar-refractivity contribution in [2.45, 2.75) is 13.3 Å². The van der Waals surface area contributed by atoms with Crippen molar-refractivity contribution in [3.63, 3.8) is 0 Å². The quantitative estimate of drug-likeness (QED) is 0.759. The van der Waals surface area contributed by atoms with Crippen molar-refractivity contribution in [1.82, 2.24) is 4.90 Å². The van der Waals surface area contributed by atoms with Crippen LogP contribution >= 0.6 is 12.4 Å². The van der Waals surface area contributed by atoms with Gasteiger partial charge in [-0.2, -0.15) is 0 Å². The zero-order valence-corrected chi connectivity index (χ0v) is 10.8. The highest BCUT2D eigenvalue weighted by Gasteiger charge is 2.22. The summed E-state index contributed by atoms with van der Waals surface area (Å²) < 4.78 is 22.5. The summed E-state index contributed by atoms with van der Waals surface area (Å²) in [5.74, 6) is 1.11. The van der Waals surface area contributed by atoms with Crippen LogP contribution in [0.4, 0.5) is 0 Å². The van der Waals surface area contributed by atoms with Crippen LogP contribution in [0.1, 0.15) is 13.3 Å². The first kappa shape index (κ1) is 15.2. The van der Waals surface area contributed by atoms with Crippen LogP contribution < -0.4 is 5.73 Å². The van der Waals surface area contributed by atoms with Crippen LogP contribution in [0.25, 0.3) is 0 Å². The molecular formula is C9H21ClN2O2S. The molecule has 0 radical (unpaired) electrons. The third kappa shape index (κ3) is 5.15. The molecule has 0 aromatic carbocycles. The van der Waals surface area contributed by atoms with E-state index in [2.05, 4.69) is 4.90 Å². The molecule has 1 fully saturated rings. The first-order chi connectivity index (χ1) is 6.57. The lowest BCUT2D eigenvalue weighted by atomic mass is 10.1. The van der Waals surface area contributed by atoms with Gasteiger partial charge in [-0.15, -0.1) is 12.4 Å². The van der Waals surface area contributed by atoms with Crippen LogP contribution in [-0.4, -0.2) is 51.0 Å². The molecule has 92 valence electrons. The van der Waals surface area contributed by atoms with E-state index in [1.54, 1.807) is 6.92 Å². The average molecular weight is 257 g/mol. The van der Waals surface area contributed by atoms with Crippen LogP contribution in [0.3, 0.4) is 0 Å². The van der Waals surface area contributed by atoms with Crippen LogP contribution in [0.5, 0.6) is 0 Å². The van der Waals surface area contributed by atoms with Crippen molar-refractivity contribution in [1.29, 1.82) is 0 Å². The second-order valence-electron chi connectivity index (χ2n) is 3.93. The molecule has 0 spiro atoms. The van der Waals surface area contributed by atoms with Crippen molar-refractivity contribution < 1.29 is 8.42 Å². The lowest BCUT2D eigenvalue weighted by Gasteiger charge is -2.14. The van der Waals surface area contributed by atoms with E-state index in [0.717, 1.165) is 26.1 Å². The van der Waals surface area contributed by atoms with Crippen molar-refractivity contribution in [3.05, 3.63) is 0 Å². The molecule has 1 rings (SSSR count). The molecule has 1 aliphatic heterocycles. The van der Waals surface area contributed by atoms with Gasteiger partial charge in [-0.25, -0.2) is 8.42 Å². The molecule has 1 saturated heterocycles. The lowest BCUT2D eigenvalue weighted by Crippen LogP contribution is -2.29. The fourth-order valence-electron chi connectivity index (χ4n) is 1.72. The Morgan fingerprint density at radius 1 is 1.47 bits per heavy atom. The second-order valence-corrected chi connectivity index (χ2v) is 6.40. The Hall–Kier alpha value is 0.160. The van der Waals surface area contributed by atoms with E-state index in [1.165, 1.54) is 0 Å². The molecule has 6 heteroatoms. The minimum atomic E-state index is -2.80. The predicted molar refractivity (Wildman–Crippen MR) is 65.2 cm³/mol. The summed E-state index contributed by atoms with van der Waals surface area (Å²) in [6, 6.07) is 0. The van der Waals surface area contributed by atoms with Gasteiger partial charge in [0.15, 0.2) is 9.84 Å². The van der Waals surface area contributed by atoms with Crippen molar-refractivity contribution in [3.8, 4) is 0 Å². The molecule has 1 heterocycles. The molecule has 1 unspecified atom stereocenters. The second kappa shape index (κ2) is 6.68. The molecule has 2 N–H and O–H groups in total. The third-order valence-corrected chi connectivity index (χ3v) is 4.55. The summed E-state index contributed by atoms with van der Waals surface area (Å²) in [6.45, 7) is 5.06. The van der Waals surface area contributed by atoms with Gasteiger partial charge in [0.1, 0.15) is 0 Å². The number of nitrogens with two attached hydrogens (primary N) is 1. The molecule has 0 amide bonds. The van der Waals surface area contributed by atoms with Crippen LogP contribution in [0.15, 0.2) is 0 Å². The van der Waals surface area contributed by atoms with Gasteiger partial charge >= 0.3 is 0 Å². The lowest BCUT2D eigenvalue weighted by molar-refractivity contribution is 0.344. The summed E-state index contributed by atoms with van der Waals surface area (Å²) in [5, 5.41) is 0. The van der Waals surface area contributed by atoms with E-state index in [9.17, 15) is 8.42 Å². The number of hydrogen-bond donors (Lipinski definition) is 1. The minimum Gasteiger partial charge on any atom is -0.330 e. The molecule has 0 aromatic heterocycles. The van der Waals surface area contributed by atoms with E-state index in [4.69, 9.17) is 5.73 Å². The maximum absolute atomic E-state index is 11.3. The molecule has 4 nitrogen and oxygen atoms in total. The van der Waals surface area contributed by atoms with E-state index in [1.807, 2.05) is 0 Å². The van der Waals surface area contributed by atoms with Gasteiger partial charge in [0, 0.05) is 18.8 Å². The average Bonchev–Trinajstić information content (AvgIpc) is 2.63. The summed E-state index contributed by atoms with van der Waals surface area (Å²) in [6.07, 6.45) is 1.11. The van der Waals surface area contributed by atoms with E-state index in [-0.39, 0.29) is 18.2 Å². The molecule has 1 atom stereocenters. The highest BCUT2D eigenvalue weighted by atomic mass is 35.5. The Labute approximate surface area is 98.5 Å². The van der Waals surface area contributed by atoms with Gasteiger partial charge in [-0.1, -0.05) is 6.92 Å². The molecule has 0 saturated carbocycles. The highest BCUT2D eigenvalue weighted by molar-refractivity contribution is 7.91. The summed E-state index contributed by atoms with van der Waals surface area (Å²) in [4.78, 5) is 2.20. The number of halogens is 1. The highest BCUT2D eigenvalue weighted by Crippen LogP contribution is 2.14. The SMILES string of the molecule is CCS(=O)(=O)CCN1CCC(CN)C1.Cl. The van der Waals surface area contributed by atoms with Crippen LogP contribution in [-0.2, 0) is 9.84 Å². The molecule has 15 heavy (non-hydrogen) atoms. The van der Waals surface area contributed by atoms with Crippen molar-refractivity contribution in [2.75, 3.05) is 37.7 Å². The summed E-state index contributed by atoms with van der Waals surface area (Å²) >= 11 is 0. The van der Waals surface area contributed by atoms with Crippen LogP contribution in [0, 0.1) is 5.92 Å². The standard InChI is InChI=1S/C9H20N2O2S.ClH/c1-2-14(12,13)6-5-11-4-3-9(7-10)8-11;/h9H,2-8,10H2,1H3;1H. The Balaban J connectivity index is 0.00000196. The molecule has 1 aliphatic rings. The van der Waals surface area contributed by atoms with Gasteiger partial charge in [-0.3, -0.25) is 0 Å². The predicted octanol–water partition coefficient (Wildman–Crippen LogP) is 0.124. The maximum Gasteiger partial charge on any atom is 0.151 e. The van der Waals surface area contributed by atoms with Crippen molar-refractivity contribution in [2.24, 2.45) is 11.7 Å². The van der Waals surface area contributed by atoms with Gasteiger partial charge in [0.2, 0.25) is 0 Å². The molecule has 0 aromatic rings. The summed E-state index contributed by atoms with van der Waals surface area (Å²) in [5.41, 5.74) is 5.56. The molecule has 0 aliphatic carbocycles. The van der Waals surface area contributed by atoms with Gasteiger partial charge in [-0.05, 0) is 25.4 Å². The number of sulfone groups is 1. The largest absolute Gasteiger partial charge is 0.330 e. The molecule has 0 bridgehead atoms. The van der Waals surface area contributed by atoms with E-state index < -0.39 is 9.84 Å². The number of nitrogens with zero attached hydrogens (tertiary/aromatic N) is 1. The first-order valence-electron chi connectivity index (χ1n) is 5.20. The monoisotopic (exact) mass is 256 g/mol. The minimum absolute atomic E-state index is 0. The summed E-state index contributed by atoms with van der Waals surface area (Å²) in [7, 11) is -2.80. The molecular weight excluding hydrogens is 236 g/mol. The van der Waals surface area contributed by atoms with Gasteiger partial charge in [0.25, 0.3) is 0 Å². The topological polar surface area (TPSA) is 63.4 Å². The van der Waals surface area contributed by atoms with Gasteiger partial charge < -0.3 is 10.6 Å². The maximum atomic E-state index is 11.3. The van der Waals surface area contributed by atoms with E-state index in [0.29, 0.717) is 18.2 Å². The smallest absolute Gasteiger partial charge is 0.151 e.